The van der Waals surface area contributed by atoms with Crippen molar-refractivity contribution in [3.8, 4) is 11.5 Å². The third kappa shape index (κ3) is 3.82. The van der Waals surface area contributed by atoms with Crippen LogP contribution in [-0.2, 0) is 9.53 Å². The van der Waals surface area contributed by atoms with Gasteiger partial charge in [-0.3, -0.25) is 4.79 Å². The standard InChI is InChI=1S/C25H25N3O4/c1-14-9-10-26-23(11-14)28-20-6-4-5-18-21(13-30-25(18)20)27-17-7-8-19-22(12-17)31-15(2)24(19)32-16(3)29/h4-12,15,21,24,27H,13H2,1-3H3,(H,26,28)/t15?,21-,24-/m1/s1. The molecule has 2 aromatic carbocycles. The van der Waals surface area contributed by atoms with E-state index in [0.29, 0.717) is 6.61 Å². The maximum atomic E-state index is 11.4. The third-order valence-electron chi connectivity index (χ3n) is 5.69. The molecule has 2 aliphatic heterocycles. The van der Waals surface area contributed by atoms with Crippen LogP contribution in [0, 0.1) is 6.92 Å². The zero-order chi connectivity index (χ0) is 22.2. The number of nitrogens with one attached hydrogen (secondary N) is 2. The van der Waals surface area contributed by atoms with Crippen LogP contribution in [0.5, 0.6) is 11.5 Å². The number of ether oxygens (including phenoxy) is 3. The molecule has 3 heterocycles. The normalized spacial score (nSPS) is 20.5. The van der Waals surface area contributed by atoms with Crippen molar-refractivity contribution in [1.29, 1.82) is 0 Å². The molecule has 7 heteroatoms. The summed E-state index contributed by atoms with van der Waals surface area (Å²) >= 11 is 0. The molecule has 0 bridgehead atoms. The van der Waals surface area contributed by atoms with Gasteiger partial charge in [0.1, 0.15) is 30.0 Å². The molecule has 2 aliphatic rings. The summed E-state index contributed by atoms with van der Waals surface area (Å²) in [5.74, 6) is 2.03. The van der Waals surface area contributed by atoms with Crippen LogP contribution in [0.15, 0.2) is 54.7 Å². The van der Waals surface area contributed by atoms with E-state index in [1.165, 1.54) is 6.92 Å². The first kappa shape index (κ1) is 20.2. The van der Waals surface area contributed by atoms with E-state index in [1.54, 1.807) is 6.20 Å². The number of fused-ring (bicyclic) bond motifs is 2. The second kappa shape index (κ2) is 8.07. The van der Waals surface area contributed by atoms with Gasteiger partial charge in [-0.2, -0.15) is 0 Å². The van der Waals surface area contributed by atoms with E-state index in [-0.39, 0.29) is 24.2 Å². The Morgan fingerprint density at radius 1 is 1.16 bits per heavy atom. The molecule has 3 atom stereocenters. The number of hydrogen-bond donors (Lipinski definition) is 2. The molecular formula is C25H25N3O4. The molecule has 0 saturated carbocycles. The Balaban J connectivity index is 1.35. The predicted molar refractivity (Wildman–Crippen MR) is 122 cm³/mol. The van der Waals surface area contributed by atoms with Crippen molar-refractivity contribution >= 4 is 23.2 Å². The first-order chi connectivity index (χ1) is 15.5. The Morgan fingerprint density at radius 2 is 2.03 bits per heavy atom. The summed E-state index contributed by atoms with van der Waals surface area (Å²) in [5.41, 5.74) is 4.91. The van der Waals surface area contributed by atoms with Crippen molar-refractivity contribution in [1.82, 2.24) is 4.98 Å². The van der Waals surface area contributed by atoms with Crippen molar-refractivity contribution in [2.24, 2.45) is 0 Å². The monoisotopic (exact) mass is 431 g/mol. The number of carbonyl (C=O) groups is 1. The van der Waals surface area contributed by atoms with Gasteiger partial charge in [0.05, 0.1) is 11.7 Å². The molecule has 164 valence electrons. The molecule has 5 rings (SSSR count). The SMILES string of the molecule is CC(=O)O[C@H]1c2ccc(N[C@@H]3COc4c(Nc5cc(C)ccn5)cccc43)cc2OC1C. The lowest BCUT2D eigenvalue weighted by Crippen LogP contribution is -2.18. The summed E-state index contributed by atoms with van der Waals surface area (Å²) in [6, 6.07) is 15.9. The number of anilines is 3. The minimum absolute atomic E-state index is 0.00152. The first-order valence-electron chi connectivity index (χ1n) is 10.7. The number of rotatable bonds is 5. The number of aromatic nitrogens is 1. The fourth-order valence-corrected chi connectivity index (χ4v) is 4.22. The van der Waals surface area contributed by atoms with Crippen LogP contribution in [0.25, 0.3) is 0 Å². The average Bonchev–Trinajstić information content (AvgIpc) is 3.29. The smallest absolute Gasteiger partial charge is 0.303 e. The van der Waals surface area contributed by atoms with Crippen LogP contribution >= 0.6 is 0 Å². The number of pyridine rings is 1. The van der Waals surface area contributed by atoms with Crippen molar-refractivity contribution in [2.45, 2.75) is 39.0 Å². The van der Waals surface area contributed by atoms with Crippen molar-refractivity contribution < 1.29 is 19.0 Å². The fourth-order valence-electron chi connectivity index (χ4n) is 4.22. The molecule has 0 spiro atoms. The Labute approximate surface area is 186 Å². The van der Waals surface area contributed by atoms with E-state index in [1.807, 2.05) is 56.3 Å². The van der Waals surface area contributed by atoms with Gasteiger partial charge in [-0.15, -0.1) is 0 Å². The minimum Gasteiger partial charge on any atom is -0.489 e. The molecule has 0 aliphatic carbocycles. The lowest BCUT2D eigenvalue weighted by molar-refractivity contribution is -0.149. The maximum absolute atomic E-state index is 11.4. The largest absolute Gasteiger partial charge is 0.489 e. The van der Waals surface area contributed by atoms with Gasteiger partial charge >= 0.3 is 5.97 Å². The quantitative estimate of drug-likeness (QED) is 0.546. The second-order valence-corrected chi connectivity index (χ2v) is 8.18. The van der Waals surface area contributed by atoms with Gasteiger partial charge < -0.3 is 24.8 Å². The van der Waals surface area contributed by atoms with Crippen LogP contribution in [0.1, 0.15) is 42.7 Å². The molecule has 1 unspecified atom stereocenters. The average molecular weight is 431 g/mol. The maximum Gasteiger partial charge on any atom is 0.303 e. The molecule has 1 aromatic heterocycles. The number of hydrogen-bond acceptors (Lipinski definition) is 7. The van der Waals surface area contributed by atoms with E-state index in [2.05, 4.69) is 21.7 Å². The predicted octanol–water partition coefficient (Wildman–Crippen LogP) is 5.06. The van der Waals surface area contributed by atoms with Crippen LogP contribution in [0.4, 0.5) is 17.2 Å². The van der Waals surface area contributed by atoms with E-state index < -0.39 is 0 Å². The summed E-state index contributed by atoms with van der Waals surface area (Å²) in [6.45, 7) is 5.86. The second-order valence-electron chi connectivity index (χ2n) is 8.18. The number of para-hydroxylation sites is 1. The number of aryl methyl sites for hydroxylation is 1. The molecule has 0 saturated heterocycles. The minimum atomic E-state index is -0.379. The highest BCUT2D eigenvalue weighted by molar-refractivity contribution is 5.69. The van der Waals surface area contributed by atoms with Crippen LogP contribution in [0.3, 0.4) is 0 Å². The first-order valence-corrected chi connectivity index (χ1v) is 10.7. The molecule has 0 amide bonds. The summed E-state index contributed by atoms with van der Waals surface area (Å²) in [4.78, 5) is 15.8. The zero-order valence-electron chi connectivity index (χ0n) is 18.2. The van der Waals surface area contributed by atoms with Crippen LogP contribution < -0.4 is 20.1 Å². The van der Waals surface area contributed by atoms with Crippen molar-refractivity contribution in [3.05, 3.63) is 71.4 Å². The lowest BCUT2D eigenvalue weighted by atomic mass is 10.0. The van der Waals surface area contributed by atoms with Gasteiger partial charge in [0.2, 0.25) is 0 Å². The fraction of sp³-hybridized carbons (Fsp3) is 0.280. The number of benzene rings is 2. The highest BCUT2D eigenvalue weighted by Gasteiger charge is 2.34. The molecule has 0 radical (unpaired) electrons. The van der Waals surface area contributed by atoms with Gasteiger partial charge in [0.25, 0.3) is 0 Å². The Bertz CT molecular complexity index is 1180. The van der Waals surface area contributed by atoms with E-state index >= 15 is 0 Å². The van der Waals surface area contributed by atoms with Crippen molar-refractivity contribution in [3.63, 3.8) is 0 Å². The summed E-state index contributed by atoms with van der Waals surface area (Å²) < 4.78 is 17.4. The van der Waals surface area contributed by atoms with Gasteiger partial charge in [-0.1, -0.05) is 12.1 Å². The summed E-state index contributed by atoms with van der Waals surface area (Å²) in [6.07, 6.45) is 1.19. The highest BCUT2D eigenvalue weighted by atomic mass is 16.6. The van der Waals surface area contributed by atoms with Crippen LogP contribution in [0.2, 0.25) is 0 Å². The van der Waals surface area contributed by atoms with Crippen molar-refractivity contribution in [2.75, 3.05) is 17.2 Å². The molecular weight excluding hydrogens is 406 g/mol. The van der Waals surface area contributed by atoms with E-state index in [9.17, 15) is 4.79 Å². The number of carbonyl (C=O) groups excluding carboxylic acids is 1. The highest BCUT2D eigenvalue weighted by Crippen LogP contribution is 2.43. The third-order valence-corrected chi connectivity index (χ3v) is 5.69. The summed E-state index contributed by atoms with van der Waals surface area (Å²) in [5, 5.41) is 6.90. The number of esters is 1. The number of nitrogens with zero attached hydrogens (tertiary/aromatic N) is 1. The molecule has 3 aromatic rings. The Kier molecular flexibility index (Phi) is 5.09. The Hall–Kier alpha value is -3.74. The molecule has 7 nitrogen and oxygen atoms in total. The van der Waals surface area contributed by atoms with E-state index in [4.69, 9.17) is 14.2 Å². The van der Waals surface area contributed by atoms with Gasteiger partial charge in [-0.25, -0.2) is 4.98 Å². The van der Waals surface area contributed by atoms with Crippen LogP contribution in [-0.4, -0.2) is 23.7 Å². The molecule has 32 heavy (non-hydrogen) atoms. The molecule has 2 N–H and O–H groups in total. The molecule has 0 fully saturated rings. The van der Waals surface area contributed by atoms with Gasteiger partial charge in [-0.05, 0) is 49.7 Å². The lowest BCUT2D eigenvalue weighted by Gasteiger charge is -2.15. The van der Waals surface area contributed by atoms with Gasteiger partial charge in [0, 0.05) is 36.0 Å². The Morgan fingerprint density at radius 3 is 2.84 bits per heavy atom. The zero-order valence-corrected chi connectivity index (χ0v) is 18.2. The van der Waals surface area contributed by atoms with Gasteiger partial charge in [0.15, 0.2) is 6.10 Å². The topological polar surface area (TPSA) is 81.7 Å². The summed E-state index contributed by atoms with van der Waals surface area (Å²) in [7, 11) is 0. The van der Waals surface area contributed by atoms with E-state index in [0.717, 1.165) is 45.4 Å².